The van der Waals surface area contributed by atoms with Gasteiger partial charge in [0, 0.05) is 27.4 Å². The third-order valence-electron chi connectivity index (χ3n) is 6.02. The fourth-order valence-electron chi connectivity index (χ4n) is 3.94. The molecular weight excluding hydrogens is 565 g/mol. The summed E-state index contributed by atoms with van der Waals surface area (Å²) in [6, 6.07) is 31.7. The lowest BCUT2D eigenvalue weighted by atomic mass is 10.1. The number of sulfone groups is 1. The number of ether oxygens (including phenoxy) is 1. The molecule has 0 atom stereocenters. The Morgan fingerprint density at radius 1 is 0.875 bits per heavy atom. The Hall–Kier alpha value is -4.35. The maximum atomic E-state index is 13.3. The van der Waals surface area contributed by atoms with Crippen LogP contribution in [0, 0.1) is 11.3 Å². The topological polar surface area (TPSA) is 85.0 Å². The Morgan fingerprint density at radius 3 is 2.12 bits per heavy atom. The van der Waals surface area contributed by atoms with Gasteiger partial charge in [-0.25, -0.2) is 13.1 Å². The predicted octanol–water partition coefficient (Wildman–Crippen LogP) is 7.76. The molecule has 1 aromatic heterocycles. The molecule has 4 aromatic carbocycles. The van der Waals surface area contributed by atoms with Gasteiger partial charge >= 0.3 is 0 Å². The van der Waals surface area contributed by atoms with Crippen LogP contribution in [0.25, 0.3) is 23.0 Å². The third-order valence-corrected chi connectivity index (χ3v) is 8.20. The number of hydrogen-bond acceptors (Lipinski definition) is 5. The molecule has 9 heteroatoms. The third kappa shape index (κ3) is 6.11. The molecule has 5 rings (SSSR count). The highest BCUT2D eigenvalue weighted by molar-refractivity contribution is 7.95. The first kappa shape index (κ1) is 27.2. The smallest absolute Gasteiger partial charge is 0.216 e. The summed E-state index contributed by atoms with van der Waals surface area (Å²) in [5, 5.41) is 15.6. The van der Waals surface area contributed by atoms with Gasteiger partial charge in [0.25, 0.3) is 0 Å². The van der Waals surface area contributed by atoms with Crippen molar-refractivity contribution in [2.24, 2.45) is 0 Å². The van der Waals surface area contributed by atoms with Crippen LogP contribution in [0.2, 0.25) is 10.0 Å². The summed E-state index contributed by atoms with van der Waals surface area (Å²) < 4.78 is 34.1. The van der Waals surface area contributed by atoms with Crippen molar-refractivity contribution in [3.63, 3.8) is 0 Å². The van der Waals surface area contributed by atoms with Gasteiger partial charge < -0.3 is 4.74 Å². The molecule has 40 heavy (non-hydrogen) atoms. The second-order valence-corrected chi connectivity index (χ2v) is 11.5. The Balaban J connectivity index is 1.50. The standard InChI is InChI=1S/C31H21Cl2N3O3S/c32-25-10-6-22(7-11-25)21-39-28-14-8-23(9-15-28)31-24(20-36(35-31)27-4-2-1-3-5-27)18-30(19-34)40(37,38)29-16-12-26(33)13-17-29/h1-18,20H,21H2/b30-18-. The average Bonchev–Trinajstić information content (AvgIpc) is 3.40. The van der Waals surface area contributed by atoms with Crippen LogP contribution in [-0.2, 0) is 16.4 Å². The van der Waals surface area contributed by atoms with Gasteiger partial charge in [-0.2, -0.15) is 10.4 Å². The fourth-order valence-corrected chi connectivity index (χ4v) is 5.34. The molecule has 1 heterocycles. The molecule has 0 saturated carbocycles. The van der Waals surface area contributed by atoms with Crippen molar-refractivity contribution in [2.45, 2.75) is 11.5 Å². The zero-order valence-electron chi connectivity index (χ0n) is 20.9. The van der Waals surface area contributed by atoms with Crippen molar-refractivity contribution in [3.8, 4) is 28.8 Å². The number of allylic oxidation sites excluding steroid dienone is 1. The van der Waals surface area contributed by atoms with Crippen molar-refractivity contribution in [3.05, 3.63) is 135 Å². The van der Waals surface area contributed by atoms with Crippen molar-refractivity contribution in [1.29, 1.82) is 5.26 Å². The highest BCUT2D eigenvalue weighted by atomic mass is 35.5. The number of benzene rings is 4. The van der Waals surface area contributed by atoms with E-state index < -0.39 is 14.7 Å². The number of hydrogen-bond donors (Lipinski definition) is 0. The van der Waals surface area contributed by atoms with Crippen LogP contribution in [-0.4, -0.2) is 18.2 Å². The van der Waals surface area contributed by atoms with Gasteiger partial charge in [-0.15, -0.1) is 0 Å². The average molecular weight is 587 g/mol. The highest BCUT2D eigenvalue weighted by Crippen LogP contribution is 2.30. The van der Waals surface area contributed by atoms with E-state index >= 15 is 0 Å². The summed E-state index contributed by atoms with van der Waals surface area (Å²) in [5.74, 6) is 0.654. The molecule has 0 aliphatic carbocycles. The summed E-state index contributed by atoms with van der Waals surface area (Å²) in [6.45, 7) is 0.376. The van der Waals surface area contributed by atoms with Gasteiger partial charge in [0.1, 0.15) is 29.0 Å². The van der Waals surface area contributed by atoms with Crippen molar-refractivity contribution >= 4 is 39.1 Å². The molecule has 0 unspecified atom stereocenters. The van der Waals surface area contributed by atoms with E-state index in [0.29, 0.717) is 33.7 Å². The molecule has 0 aliphatic heterocycles. The molecule has 0 saturated heterocycles. The van der Waals surface area contributed by atoms with Gasteiger partial charge in [-0.1, -0.05) is 53.5 Å². The Kier molecular flexibility index (Phi) is 8.04. The summed E-state index contributed by atoms with van der Waals surface area (Å²) in [6.07, 6.45) is 3.04. The lowest BCUT2D eigenvalue weighted by molar-refractivity contribution is 0.306. The summed E-state index contributed by atoms with van der Waals surface area (Å²) in [7, 11) is -4.09. The van der Waals surface area contributed by atoms with Crippen molar-refractivity contribution < 1.29 is 13.2 Å². The minimum atomic E-state index is -4.09. The van der Waals surface area contributed by atoms with Crippen LogP contribution >= 0.6 is 23.2 Å². The summed E-state index contributed by atoms with van der Waals surface area (Å²) in [4.78, 5) is -0.435. The second-order valence-electron chi connectivity index (χ2n) is 8.73. The van der Waals surface area contributed by atoms with E-state index in [-0.39, 0.29) is 4.90 Å². The van der Waals surface area contributed by atoms with Crippen molar-refractivity contribution in [1.82, 2.24) is 9.78 Å². The monoisotopic (exact) mass is 585 g/mol. The first-order valence-electron chi connectivity index (χ1n) is 12.1. The summed E-state index contributed by atoms with van der Waals surface area (Å²) in [5.41, 5.74) is 3.46. The van der Waals surface area contributed by atoms with E-state index in [2.05, 4.69) is 0 Å². The van der Waals surface area contributed by atoms with Crippen LogP contribution in [0.1, 0.15) is 11.1 Å². The largest absolute Gasteiger partial charge is 0.489 e. The molecule has 0 aliphatic rings. The normalized spacial score (nSPS) is 11.7. The van der Waals surface area contributed by atoms with Gasteiger partial charge in [0.2, 0.25) is 9.84 Å². The maximum Gasteiger partial charge on any atom is 0.216 e. The number of halogens is 2. The number of nitrogens with zero attached hydrogens (tertiary/aromatic N) is 3. The zero-order chi connectivity index (χ0) is 28.1. The first-order chi connectivity index (χ1) is 19.3. The Labute approximate surface area is 242 Å². The number of nitriles is 1. The maximum absolute atomic E-state index is 13.3. The highest BCUT2D eigenvalue weighted by Gasteiger charge is 2.22. The van der Waals surface area contributed by atoms with Crippen molar-refractivity contribution in [2.75, 3.05) is 0 Å². The Bertz CT molecular complexity index is 1810. The van der Waals surface area contributed by atoms with E-state index in [4.69, 9.17) is 33.0 Å². The van der Waals surface area contributed by atoms with Crippen LogP contribution in [0.5, 0.6) is 5.75 Å². The minimum Gasteiger partial charge on any atom is -0.489 e. The quantitative estimate of drug-likeness (QED) is 0.174. The van der Waals surface area contributed by atoms with Crippen LogP contribution < -0.4 is 4.74 Å². The van der Waals surface area contributed by atoms with E-state index in [0.717, 1.165) is 16.8 Å². The van der Waals surface area contributed by atoms with E-state index in [1.54, 1.807) is 10.9 Å². The van der Waals surface area contributed by atoms with Gasteiger partial charge in [-0.05, 0) is 84.4 Å². The van der Waals surface area contributed by atoms with E-state index in [1.165, 1.54) is 30.3 Å². The molecule has 5 aromatic rings. The van der Waals surface area contributed by atoms with E-state index in [9.17, 15) is 13.7 Å². The zero-order valence-corrected chi connectivity index (χ0v) is 23.2. The van der Waals surface area contributed by atoms with Crippen LogP contribution in [0.15, 0.2) is 119 Å². The van der Waals surface area contributed by atoms with Gasteiger partial charge in [0.15, 0.2) is 0 Å². The van der Waals surface area contributed by atoms with Crippen LogP contribution in [0.4, 0.5) is 0 Å². The molecule has 0 amide bonds. The van der Waals surface area contributed by atoms with Crippen LogP contribution in [0.3, 0.4) is 0 Å². The Morgan fingerprint density at radius 2 is 1.50 bits per heavy atom. The number of para-hydroxylation sites is 1. The molecule has 0 radical (unpaired) electrons. The summed E-state index contributed by atoms with van der Waals surface area (Å²) >= 11 is 11.9. The van der Waals surface area contributed by atoms with E-state index in [1.807, 2.05) is 84.9 Å². The fraction of sp³-hybridized carbons (Fsp3) is 0.0323. The molecule has 0 spiro atoms. The molecule has 198 valence electrons. The molecule has 0 bridgehead atoms. The molecule has 6 nitrogen and oxygen atoms in total. The minimum absolute atomic E-state index is 0.0242. The molecule has 0 fully saturated rings. The first-order valence-corrected chi connectivity index (χ1v) is 14.3. The predicted molar refractivity (Wildman–Crippen MR) is 157 cm³/mol. The lowest BCUT2D eigenvalue weighted by Crippen LogP contribution is -2.03. The molecular formula is C31H21Cl2N3O3S. The number of aromatic nitrogens is 2. The SMILES string of the molecule is N#C/C(=C/c1cn(-c2ccccc2)nc1-c1ccc(OCc2ccc(Cl)cc2)cc1)S(=O)(=O)c1ccc(Cl)cc1. The second kappa shape index (κ2) is 11.8. The molecule has 0 N–H and O–H groups in total. The number of rotatable bonds is 8. The lowest BCUT2D eigenvalue weighted by Gasteiger charge is -2.08. The van der Waals surface area contributed by atoms with Gasteiger partial charge in [-0.3, -0.25) is 0 Å². The van der Waals surface area contributed by atoms with Gasteiger partial charge in [0.05, 0.1) is 10.6 Å².